The van der Waals surface area contributed by atoms with Crippen molar-refractivity contribution in [3.63, 3.8) is 0 Å². The molecule has 0 bridgehead atoms. The van der Waals surface area contributed by atoms with E-state index in [0.717, 1.165) is 28.5 Å². The Balaban J connectivity index is 2.30. The maximum atomic E-state index is 9.23. The third kappa shape index (κ3) is 1.65. The van der Waals surface area contributed by atoms with Gasteiger partial charge < -0.3 is 10.5 Å². The van der Waals surface area contributed by atoms with Crippen LogP contribution in [-0.2, 0) is 0 Å². The lowest BCUT2D eigenvalue weighted by Crippen LogP contribution is -2.20. The average Bonchev–Trinajstić information content (AvgIpc) is 2.45. The third-order valence-corrected chi connectivity index (χ3v) is 3.64. The van der Waals surface area contributed by atoms with Gasteiger partial charge in [0.05, 0.1) is 5.57 Å². The molecule has 3 rings (SSSR count). The van der Waals surface area contributed by atoms with E-state index in [9.17, 15) is 5.26 Å². The molecule has 1 aliphatic rings. The number of allylic oxidation sites excluding steroid dienone is 1. The summed E-state index contributed by atoms with van der Waals surface area (Å²) in [6.07, 6.45) is 0.832. The second-order valence-corrected chi connectivity index (χ2v) is 4.66. The second-order valence-electron chi connectivity index (χ2n) is 4.66. The summed E-state index contributed by atoms with van der Waals surface area (Å²) in [5, 5.41) is 11.4. The van der Waals surface area contributed by atoms with Gasteiger partial charge in [0, 0.05) is 16.9 Å². The van der Waals surface area contributed by atoms with Gasteiger partial charge >= 0.3 is 0 Å². The van der Waals surface area contributed by atoms with E-state index in [4.69, 9.17) is 10.5 Å². The minimum absolute atomic E-state index is 0.0263. The van der Waals surface area contributed by atoms with Crippen LogP contribution in [0.4, 0.5) is 0 Å². The second kappa shape index (κ2) is 4.33. The molecule has 0 amide bonds. The molecule has 0 saturated carbocycles. The van der Waals surface area contributed by atoms with Crippen molar-refractivity contribution in [2.75, 3.05) is 0 Å². The summed E-state index contributed by atoms with van der Waals surface area (Å²) in [5.41, 5.74) is 7.48. The van der Waals surface area contributed by atoms with Gasteiger partial charge in [0.1, 0.15) is 11.8 Å². The van der Waals surface area contributed by atoms with E-state index in [-0.39, 0.29) is 11.8 Å². The Morgan fingerprint density at radius 3 is 2.79 bits per heavy atom. The highest BCUT2D eigenvalue weighted by molar-refractivity contribution is 5.90. The number of nitrogens with zero attached hydrogens (tertiary/aromatic N) is 1. The van der Waals surface area contributed by atoms with Crippen LogP contribution in [0.5, 0.6) is 5.75 Å². The maximum Gasteiger partial charge on any atom is 0.205 e. The first-order chi connectivity index (χ1) is 9.26. The predicted octanol–water partition coefficient (Wildman–Crippen LogP) is 3.42. The van der Waals surface area contributed by atoms with Crippen LogP contribution in [0, 0.1) is 11.3 Å². The molecule has 2 aromatic carbocycles. The summed E-state index contributed by atoms with van der Waals surface area (Å²) in [4.78, 5) is 0. The molecule has 1 heterocycles. The molecule has 3 heteroatoms. The monoisotopic (exact) mass is 250 g/mol. The lowest BCUT2D eigenvalue weighted by Gasteiger charge is -2.26. The fourth-order valence-corrected chi connectivity index (χ4v) is 2.70. The van der Waals surface area contributed by atoms with Gasteiger partial charge in [0.2, 0.25) is 5.88 Å². The Morgan fingerprint density at radius 2 is 2.05 bits per heavy atom. The molecule has 0 fully saturated rings. The van der Waals surface area contributed by atoms with Crippen molar-refractivity contribution in [2.24, 2.45) is 5.73 Å². The normalized spacial score (nSPS) is 17.8. The molecule has 19 heavy (non-hydrogen) atoms. The average molecular weight is 250 g/mol. The Morgan fingerprint density at radius 1 is 1.26 bits per heavy atom. The molecule has 2 N–H and O–H groups in total. The van der Waals surface area contributed by atoms with Gasteiger partial charge in [0.25, 0.3) is 0 Å². The molecule has 0 aromatic heterocycles. The lowest BCUT2D eigenvalue weighted by molar-refractivity contribution is 0.391. The SMILES string of the molecule is CC[C@@H]1C(C#N)=C(N)Oc2c1ccc1ccccc21. The van der Waals surface area contributed by atoms with Crippen molar-refractivity contribution < 1.29 is 4.74 Å². The smallest absolute Gasteiger partial charge is 0.205 e. The summed E-state index contributed by atoms with van der Waals surface area (Å²) < 4.78 is 5.72. The highest BCUT2D eigenvalue weighted by atomic mass is 16.5. The number of fused-ring (bicyclic) bond motifs is 3. The first kappa shape index (κ1) is 11.6. The minimum Gasteiger partial charge on any atom is -0.440 e. The molecule has 0 aliphatic carbocycles. The molecule has 0 spiro atoms. The van der Waals surface area contributed by atoms with E-state index in [0.29, 0.717) is 5.57 Å². The van der Waals surface area contributed by atoms with Crippen LogP contribution in [-0.4, -0.2) is 0 Å². The van der Waals surface area contributed by atoms with Crippen molar-refractivity contribution in [2.45, 2.75) is 19.3 Å². The standard InChI is InChI=1S/C16H14N2O/c1-2-11-13-8-7-10-5-3-4-6-12(10)15(13)19-16(18)14(11)9-17/h3-8,11H,2,18H2,1H3/t11-/m0/s1. The highest BCUT2D eigenvalue weighted by Crippen LogP contribution is 2.43. The van der Waals surface area contributed by atoms with Crippen LogP contribution in [0.15, 0.2) is 47.9 Å². The van der Waals surface area contributed by atoms with Crippen molar-refractivity contribution >= 4 is 10.8 Å². The number of ether oxygens (including phenoxy) is 1. The van der Waals surface area contributed by atoms with Crippen LogP contribution < -0.4 is 10.5 Å². The molecule has 0 radical (unpaired) electrons. The van der Waals surface area contributed by atoms with Crippen LogP contribution in [0.1, 0.15) is 24.8 Å². The number of rotatable bonds is 1. The van der Waals surface area contributed by atoms with Crippen LogP contribution >= 0.6 is 0 Å². The van der Waals surface area contributed by atoms with E-state index in [1.54, 1.807) is 0 Å². The molecule has 0 unspecified atom stereocenters. The summed E-state index contributed by atoms with van der Waals surface area (Å²) in [6.45, 7) is 2.06. The quantitative estimate of drug-likeness (QED) is 0.843. The van der Waals surface area contributed by atoms with Gasteiger partial charge in [-0.15, -0.1) is 0 Å². The van der Waals surface area contributed by atoms with Gasteiger partial charge in [0.15, 0.2) is 0 Å². The van der Waals surface area contributed by atoms with Gasteiger partial charge in [-0.3, -0.25) is 0 Å². The molecular formula is C16H14N2O. The molecular weight excluding hydrogens is 236 g/mol. The zero-order valence-corrected chi connectivity index (χ0v) is 10.7. The number of hydrogen-bond donors (Lipinski definition) is 1. The molecule has 3 nitrogen and oxygen atoms in total. The first-order valence-corrected chi connectivity index (χ1v) is 6.35. The Hall–Kier alpha value is -2.47. The number of nitriles is 1. The summed E-state index contributed by atoms with van der Waals surface area (Å²) in [7, 11) is 0. The molecule has 2 aromatic rings. The molecule has 1 aliphatic heterocycles. The van der Waals surface area contributed by atoms with E-state index < -0.39 is 0 Å². The van der Waals surface area contributed by atoms with Crippen LogP contribution in [0.25, 0.3) is 10.8 Å². The van der Waals surface area contributed by atoms with Crippen molar-refractivity contribution in [3.8, 4) is 11.8 Å². The third-order valence-electron chi connectivity index (χ3n) is 3.64. The zero-order chi connectivity index (χ0) is 13.4. The van der Waals surface area contributed by atoms with Gasteiger partial charge in [-0.2, -0.15) is 5.26 Å². The number of nitrogens with two attached hydrogens (primary N) is 1. The number of hydrogen-bond acceptors (Lipinski definition) is 3. The van der Waals surface area contributed by atoms with Crippen LogP contribution in [0.2, 0.25) is 0 Å². The number of benzene rings is 2. The van der Waals surface area contributed by atoms with Gasteiger partial charge in [-0.05, 0) is 11.8 Å². The first-order valence-electron chi connectivity index (χ1n) is 6.35. The van der Waals surface area contributed by atoms with Crippen LogP contribution in [0.3, 0.4) is 0 Å². The van der Waals surface area contributed by atoms with Gasteiger partial charge in [-0.25, -0.2) is 0 Å². The van der Waals surface area contributed by atoms with E-state index in [1.807, 2.05) is 30.3 Å². The predicted molar refractivity (Wildman–Crippen MR) is 74.4 cm³/mol. The topological polar surface area (TPSA) is 59.0 Å². The summed E-state index contributed by atoms with van der Waals surface area (Å²) in [5.74, 6) is 1.05. The zero-order valence-electron chi connectivity index (χ0n) is 10.7. The largest absolute Gasteiger partial charge is 0.440 e. The fourth-order valence-electron chi connectivity index (χ4n) is 2.70. The van der Waals surface area contributed by atoms with E-state index >= 15 is 0 Å². The fraction of sp³-hybridized carbons (Fsp3) is 0.188. The summed E-state index contributed by atoms with van der Waals surface area (Å²) >= 11 is 0. The Labute approximate surface area is 111 Å². The van der Waals surface area contributed by atoms with E-state index in [2.05, 4.69) is 19.1 Å². The molecule has 0 saturated heterocycles. The van der Waals surface area contributed by atoms with Crippen molar-refractivity contribution in [1.82, 2.24) is 0 Å². The molecule has 94 valence electrons. The molecule has 1 atom stereocenters. The lowest BCUT2D eigenvalue weighted by atomic mass is 9.86. The Kier molecular flexibility index (Phi) is 2.64. The highest BCUT2D eigenvalue weighted by Gasteiger charge is 2.28. The summed E-state index contributed by atoms with van der Waals surface area (Å²) in [6, 6.07) is 14.3. The van der Waals surface area contributed by atoms with Crippen molar-refractivity contribution in [3.05, 3.63) is 53.4 Å². The van der Waals surface area contributed by atoms with E-state index in [1.165, 1.54) is 0 Å². The Bertz CT molecular complexity index is 725. The van der Waals surface area contributed by atoms with Gasteiger partial charge in [-0.1, -0.05) is 43.3 Å². The maximum absolute atomic E-state index is 9.23. The minimum atomic E-state index is 0.0263. The van der Waals surface area contributed by atoms with Crippen molar-refractivity contribution in [1.29, 1.82) is 5.26 Å².